The van der Waals surface area contributed by atoms with Gasteiger partial charge in [0.25, 0.3) is 0 Å². The SMILES string of the molecule is CC(C)c1ccc(C(C)C)cc1.CC(C)c1ccc(C(C)C)nn1. The molecule has 0 saturated carbocycles. The van der Waals surface area contributed by atoms with Crippen molar-refractivity contribution < 1.29 is 0 Å². The summed E-state index contributed by atoms with van der Waals surface area (Å²) in [6.45, 7) is 17.4. The Labute approximate surface area is 148 Å². The van der Waals surface area contributed by atoms with Gasteiger partial charge in [0.1, 0.15) is 0 Å². The highest BCUT2D eigenvalue weighted by Gasteiger charge is 2.04. The Kier molecular flexibility index (Phi) is 8.10. The van der Waals surface area contributed by atoms with Gasteiger partial charge in [0.15, 0.2) is 0 Å². The van der Waals surface area contributed by atoms with Gasteiger partial charge in [0, 0.05) is 0 Å². The molecular formula is C22H34N2. The zero-order valence-electron chi connectivity index (χ0n) is 16.7. The molecule has 1 heterocycles. The first-order valence-electron chi connectivity index (χ1n) is 9.15. The first-order chi connectivity index (χ1) is 11.2. The lowest BCUT2D eigenvalue weighted by Gasteiger charge is -2.08. The van der Waals surface area contributed by atoms with Gasteiger partial charge < -0.3 is 0 Å². The van der Waals surface area contributed by atoms with Gasteiger partial charge in [0.2, 0.25) is 0 Å². The molecule has 0 saturated heterocycles. The van der Waals surface area contributed by atoms with Gasteiger partial charge in [-0.25, -0.2) is 0 Å². The van der Waals surface area contributed by atoms with Gasteiger partial charge in [-0.2, -0.15) is 10.2 Å². The summed E-state index contributed by atoms with van der Waals surface area (Å²) in [5.74, 6) is 2.23. The molecule has 2 heteroatoms. The van der Waals surface area contributed by atoms with Crippen molar-refractivity contribution in [3.63, 3.8) is 0 Å². The third-order valence-corrected chi connectivity index (χ3v) is 4.16. The number of rotatable bonds is 4. The van der Waals surface area contributed by atoms with E-state index in [1.165, 1.54) is 11.1 Å². The third kappa shape index (κ3) is 6.43. The lowest BCUT2D eigenvalue weighted by Crippen LogP contribution is -1.99. The van der Waals surface area contributed by atoms with Crippen LogP contribution in [0.1, 0.15) is 102 Å². The molecule has 0 amide bonds. The number of aromatic nitrogens is 2. The molecule has 24 heavy (non-hydrogen) atoms. The van der Waals surface area contributed by atoms with Crippen molar-refractivity contribution in [2.45, 2.75) is 79.1 Å². The molecule has 0 aliphatic carbocycles. The standard InChI is InChI=1S/C12H18.C10H16N2/c1-9(2)11-5-7-12(8-6-11)10(3)4;1-7(2)9-5-6-10(8(3)4)12-11-9/h5-10H,1-4H3;5-8H,1-4H3. The molecular weight excluding hydrogens is 292 g/mol. The van der Waals surface area contributed by atoms with Crippen LogP contribution >= 0.6 is 0 Å². The zero-order valence-corrected chi connectivity index (χ0v) is 16.7. The Hall–Kier alpha value is -1.70. The van der Waals surface area contributed by atoms with E-state index < -0.39 is 0 Å². The third-order valence-electron chi connectivity index (χ3n) is 4.16. The van der Waals surface area contributed by atoms with Gasteiger partial charge in [-0.15, -0.1) is 0 Å². The Morgan fingerprint density at radius 1 is 0.458 bits per heavy atom. The minimum Gasteiger partial charge on any atom is -0.155 e. The minimum atomic E-state index is 0.471. The predicted molar refractivity (Wildman–Crippen MR) is 105 cm³/mol. The van der Waals surface area contributed by atoms with Crippen LogP contribution in [0.25, 0.3) is 0 Å². The molecule has 0 fully saturated rings. The molecule has 132 valence electrons. The lowest BCUT2D eigenvalue weighted by atomic mass is 9.97. The highest BCUT2D eigenvalue weighted by Crippen LogP contribution is 2.19. The van der Waals surface area contributed by atoms with Crippen molar-refractivity contribution in [1.82, 2.24) is 10.2 Å². The average molecular weight is 327 g/mol. The Balaban J connectivity index is 0.000000240. The second kappa shape index (κ2) is 9.56. The van der Waals surface area contributed by atoms with Crippen molar-refractivity contribution in [2.75, 3.05) is 0 Å². The molecule has 0 bridgehead atoms. The smallest absolute Gasteiger partial charge is 0.0656 e. The molecule has 0 radical (unpaired) electrons. The number of hydrogen-bond acceptors (Lipinski definition) is 2. The van der Waals surface area contributed by atoms with Crippen molar-refractivity contribution in [2.24, 2.45) is 0 Å². The second-order valence-corrected chi connectivity index (χ2v) is 7.67. The van der Waals surface area contributed by atoms with Crippen LogP contribution in [0.2, 0.25) is 0 Å². The first-order valence-corrected chi connectivity index (χ1v) is 9.15. The second-order valence-electron chi connectivity index (χ2n) is 7.67. The Morgan fingerprint density at radius 2 is 0.750 bits per heavy atom. The van der Waals surface area contributed by atoms with E-state index >= 15 is 0 Å². The molecule has 0 spiro atoms. The van der Waals surface area contributed by atoms with E-state index in [-0.39, 0.29) is 0 Å². The van der Waals surface area contributed by atoms with Crippen molar-refractivity contribution in [1.29, 1.82) is 0 Å². The van der Waals surface area contributed by atoms with Crippen LogP contribution < -0.4 is 0 Å². The summed E-state index contributed by atoms with van der Waals surface area (Å²) < 4.78 is 0. The summed E-state index contributed by atoms with van der Waals surface area (Å²) in [4.78, 5) is 0. The maximum Gasteiger partial charge on any atom is 0.0656 e. The molecule has 2 rings (SSSR count). The van der Waals surface area contributed by atoms with Gasteiger partial charge >= 0.3 is 0 Å². The fourth-order valence-electron chi connectivity index (χ4n) is 2.23. The van der Waals surface area contributed by atoms with Crippen LogP contribution in [0, 0.1) is 0 Å². The fourth-order valence-corrected chi connectivity index (χ4v) is 2.23. The van der Waals surface area contributed by atoms with E-state index in [9.17, 15) is 0 Å². The summed E-state index contributed by atoms with van der Waals surface area (Å²) in [5.41, 5.74) is 5.00. The van der Waals surface area contributed by atoms with Crippen LogP contribution in [0.3, 0.4) is 0 Å². The van der Waals surface area contributed by atoms with Crippen LogP contribution in [-0.2, 0) is 0 Å². The monoisotopic (exact) mass is 326 g/mol. The maximum absolute atomic E-state index is 4.15. The van der Waals surface area contributed by atoms with E-state index in [4.69, 9.17) is 0 Å². The van der Waals surface area contributed by atoms with E-state index in [0.717, 1.165) is 11.4 Å². The molecule has 0 N–H and O–H groups in total. The van der Waals surface area contributed by atoms with Gasteiger partial charge in [-0.1, -0.05) is 79.7 Å². The van der Waals surface area contributed by atoms with Crippen LogP contribution in [0.5, 0.6) is 0 Å². The van der Waals surface area contributed by atoms with E-state index in [0.29, 0.717) is 23.7 Å². The Bertz CT molecular complexity index is 469. The first kappa shape index (κ1) is 20.3. The highest BCUT2D eigenvalue weighted by atomic mass is 15.1. The largest absolute Gasteiger partial charge is 0.155 e. The summed E-state index contributed by atoms with van der Waals surface area (Å²) >= 11 is 0. The summed E-state index contributed by atoms with van der Waals surface area (Å²) in [7, 11) is 0. The van der Waals surface area contributed by atoms with Crippen molar-refractivity contribution >= 4 is 0 Å². The number of hydrogen-bond donors (Lipinski definition) is 0. The van der Waals surface area contributed by atoms with Crippen LogP contribution in [0.4, 0.5) is 0 Å². The molecule has 1 aromatic heterocycles. The number of benzene rings is 1. The fraction of sp³-hybridized carbons (Fsp3) is 0.545. The van der Waals surface area contributed by atoms with Crippen LogP contribution in [0.15, 0.2) is 36.4 Å². The van der Waals surface area contributed by atoms with Crippen molar-refractivity contribution in [3.05, 3.63) is 58.9 Å². The van der Waals surface area contributed by atoms with Gasteiger partial charge in [-0.3, -0.25) is 0 Å². The molecule has 1 aromatic carbocycles. The quantitative estimate of drug-likeness (QED) is 0.628. The lowest BCUT2D eigenvalue weighted by molar-refractivity contribution is 0.733. The van der Waals surface area contributed by atoms with E-state index in [1.54, 1.807) is 0 Å². The molecule has 0 aliphatic heterocycles. The topological polar surface area (TPSA) is 25.8 Å². The molecule has 0 aliphatic rings. The maximum atomic E-state index is 4.15. The molecule has 0 unspecified atom stereocenters. The van der Waals surface area contributed by atoms with E-state index in [1.807, 2.05) is 0 Å². The van der Waals surface area contributed by atoms with E-state index in [2.05, 4.69) is 102 Å². The van der Waals surface area contributed by atoms with Crippen molar-refractivity contribution in [3.8, 4) is 0 Å². The normalized spacial score (nSPS) is 11.2. The van der Waals surface area contributed by atoms with Gasteiger partial charge in [-0.05, 0) is 46.9 Å². The van der Waals surface area contributed by atoms with Gasteiger partial charge in [0.05, 0.1) is 11.4 Å². The molecule has 2 aromatic rings. The average Bonchev–Trinajstić information content (AvgIpc) is 2.55. The summed E-state index contributed by atoms with van der Waals surface area (Å²) in [6.07, 6.45) is 0. The highest BCUT2D eigenvalue weighted by molar-refractivity contribution is 5.26. The zero-order chi connectivity index (χ0) is 18.3. The van der Waals surface area contributed by atoms with Crippen LogP contribution in [-0.4, -0.2) is 10.2 Å². The Morgan fingerprint density at radius 3 is 0.917 bits per heavy atom. The number of nitrogens with zero attached hydrogens (tertiary/aromatic N) is 2. The predicted octanol–water partition coefficient (Wildman–Crippen LogP) is 6.66. The molecule has 2 nitrogen and oxygen atoms in total. The summed E-state index contributed by atoms with van der Waals surface area (Å²) in [5, 5.41) is 8.30. The summed E-state index contributed by atoms with van der Waals surface area (Å²) in [6, 6.07) is 13.1. The minimum absolute atomic E-state index is 0.471. The molecule has 0 atom stereocenters.